The summed E-state index contributed by atoms with van der Waals surface area (Å²) in [7, 11) is 0. The maximum absolute atomic E-state index is 15.0. The molecular formula is C26H26Cl2F3N3O3. The highest BCUT2D eigenvalue weighted by atomic mass is 35.5. The van der Waals surface area contributed by atoms with Gasteiger partial charge < -0.3 is 14.6 Å². The molecule has 1 N–H and O–H groups in total. The molecule has 3 aromatic rings. The Labute approximate surface area is 223 Å². The predicted octanol–water partition coefficient (Wildman–Crippen LogP) is 4.86. The number of carbonyl (C=O) groups excluding carboxylic acids is 1. The molecule has 2 aromatic carbocycles. The van der Waals surface area contributed by atoms with E-state index in [1.807, 2.05) is 11.0 Å². The Morgan fingerprint density at radius 2 is 1.76 bits per heavy atom. The van der Waals surface area contributed by atoms with Gasteiger partial charge >= 0.3 is 5.97 Å². The van der Waals surface area contributed by atoms with Crippen LogP contribution < -0.4 is 0 Å². The highest BCUT2D eigenvalue weighted by Gasteiger charge is 2.31. The molecule has 0 unspecified atom stereocenters. The van der Waals surface area contributed by atoms with Crippen LogP contribution in [0, 0.1) is 23.4 Å². The minimum absolute atomic E-state index is 0. The first kappa shape index (κ1) is 27.3. The lowest BCUT2D eigenvalue weighted by molar-refractivity contribution is -0.143. The molecule has 1 saturated heterocycles. The van der Waals surface area contributed by atoms with Crippen molar-refractivity contribution in [3.05, 3.63) is 69.6 Å². The van der Waals surface area contributed by atoms with Crippen molar-refractivity contribution >= 4 is 46.8 Å². The fourth-order valence-electron chi connectivity index (χ4n) is 5.33. The van der Waals surface area contributed by atoms with Crippen LogP contribution in [-0.4, -0.2) is 57.5 Å². The van der Waals surface area contributed by atoms with Gasteiger partial charge in [0.05, 0.1) is 31.1 Å². The van der Waals surface area contributed by atoms with Crippen LogP contribution in [0.15, 0.2) is 30.3 Å². The summed E-state index contributed by atoms with van der Waals surface area (Å²) in [6.07, 6.45) is 1.53. The van der Waals surface area contributed by atoms with E-state index in [2.05, 4.69) is 0 Å². The summed E-state index contributed by atoms with van der Waals surface area (Å²) in [4.78, 5) is 28.0. The van der Waals surface area contributed by atoms with Crippen LogP contribution in [0.4, 0.5) is 13.2 Å². The summed E-state index contributed by atoms with van der Waals surface area (Å²) in [6, 6.07) is 7.14. The van der Waals surface area contributed by atoms with E-state index in [-0.39, 0.29) is 49.4 Å². The quantitative estimate of drug-likeness (QED) is 0.456. The first-order chi connectivity index (χ1) is 17.2. The molecule has 5 rings (SSSR count). The number of fused-ring (bicyclic) bond motifs is 3. The van der Waals surface area contributed by atoms with Crippen molar-refractivity contribution in [1.29, 1.82) is 0 Å². The molecule has 6 nitrogen and oxygen atoms in total. The van der Waals surface area contributed by atoms with Crippen LogP contribution in [-0.2, 0) is 29.1 Å². The number of carboxylic acid groups (broad SMARTS) is 1. The van der Waals surface area contributed by atoms with E-state index < -0.39 is 28.4 Å². The smallest absolute Gasteiger partial charge is 0.306 e. The summed E-state index contributed by atoms with van der Waals surface area (Å²) in [5, 5.41) is 9.29. The predicted molar refractivity (Wildman–Crippen MR) is 136 cm³/mol. The molecule has 3 heterocycles. The molecule has 0 spiro atoms. The average Bonchev–Trinajstić information content (AvgIpc) is 3.18. The maximum Gasteiger partial charge on any atom is 0.306 e. The van der Waals surface area contributed by atoms with Crippen LogP contribution >= 0.6 is 24.0 Å². The van der Waals surface area contributed by atoms with E-state index in [0.717, 1.165) is 11.6 Å². The van der Waals surface area contributed by atoms with Gasteiger partial charge in [-0.1, -0.05) is 29.8 Å². The number of halogens is 5. The number of carbonyl (C=O) groups is 2. The zero-order valence-electron chi connectivity index (χ0n) is 19.9. The second kappa shape index (κ2) is 10.9. The topological polar surface area (TPSA) is 65.8 Å². The maximum atomic E-state index is 15.0. The lowest BCUT2D eigenvalue weighted by Gasteiger charge is -2.33. The minimum atomic E-state index is -0.892. The number of rotatable bonds is 5. The molecule has 0 aliphatic carbocycles. The average molecular weight is 556 g/mol. The van der Waals surface area contributed by atoms with E-state index in [1.165, 1.54) is 12.1 Å². The number of likely N-dealkylation sites (tertiary alicyclic amines) is 1. The van der Waals surface area contributed by atoms with Gasteiger partial charge in [-0.05, 0) is 50.0 Å². The summed E-state index contributed by atoms with van der Waals surface area (Å²) < 4.78 is 45.1. The molecule has 0 radical (unpaired) electrons. The molecule has 37 heavy (non-hydrogen) atoms. The van der Waals surface area contributed by atoms with E-state index in [0.29, 0.717) is 55.5 Å². The van der Waals surface area contributed by atoms with Gasteiger partial charge in [0, 0.05) is 23.2 Å². The number of hydrogen-bond acceptors (Lipinski definition) is 3. The van der Waals surface area contributed by atoms with Crippen molar-refractivity contribution in [2.24, 2.45) is 5.92 Å². The first-order valence-corrected chi connectivity index (χ1v) is 12.3. The van der Waals surface area contributed by atoms with Gasteiger partial charge in [0.15, 0.2) is 0 Å². The number of hydrogen-bond donors (Lipinski definition) is 1. The number of carboxylic acids is 1. The second-order valence-corrected chi connectivity index (χ2v) is 9.81. The van der Waals surface area contributed by atoms with Crippen LogP contribution in [0.5, 0.6) is 0 Å². The Morgan fingerprint density at radius 3 is 2.46 bits per heavy atom. The number of nitrogens with zero attached hydrogens (tertiary/aromatic N) is 3. The van der Waals surface area contributed by atoms with Crippen LogP contribution in [0.1, 0.15) is 29.7 Å². The van der Waals surface area contributed by atoms with Crippen molar-refractivity contribution in [2.45, 2.75) is 32.4 Å². The highest BCUT2D eigenvalue weighted by Crippen LogP contribution is 2.34. The zero-order valence-corrected chi connectivity index (χ0v) is 21.4. The van der Waals surface area contributed by atoms with Gasteiger partial charge in [-0.15, -0.1) is 12.4 Å². The third kappa shape index (κ3) is 5.17. The molecule has 1 fully saturated rings. The fourth-order valence-corrected chi connectivity index (χ4v) is 5.51. The van der Waals surface area contributed by atoms with E-state index in [1.54, 1.807) is 15.5 Å². The normalized spacial score (nSPS) is 16.5. The van der Waals surface area contributed by atoms with Gasteiger partial charge in [0.1, 0.15) is 22.5 Å². The fraction of sp³-hybridized carbons (Fsp3) is 0.385. The van der Waals surface area contributed by atoms with Gasteiger partial charge in [0.2, 0.25) is 5.91 Å². The Bertz CT molecular complexity index is 1360. The third-order valence-corrected chi connectivity index (χ3v) is 7.67. The molecule has 2 aliphatic heterocycles. The molecule has 0 atom stereocenters. The Kier molecular flexibility index (Phi) is 8.06. The van der Waals surface area contributed by atoms with Gasteiger partial charge in [-0.25, -0.2) is 13.2 Å². The Balaban J connectivity index is 0.00000320. The summed E-state index contributed by atoms with van der Waals surface area (Å²) in [5.74, 6) is -3.49. The number of amides is 1. The van der Waals surface area contributed by atoms with E-state index >= 15 is 4.39 Å². The third-order valence-electron chi connectivity index (χ3n) is 7.32. The Morgan fingerprint density at radius 1 is 1.03 bits per heavy atom. The first-order valence-electron chi connectivity index (χ1n) is 11.9. The summed E-state index contributed by atoms with van der Waals surface area (Å²) in [6.45, 7) is 1.88. The van der Waals surface area contributed by atoms with Crippen molar-refractivity contribution in [2.75, 3.05) is 26.2 Å². The Hall–Kier alpha value is -2.75. The second-order valence-electron chi connectivity index (χ2n) is 9.44. The minimum Gasteiger partial charge on any atom is -0.481 e. The van der Waals surface area contributed by atoms with Crippen molar-refractivity contribution in [3.63, 3.8) is 0 Å². The summed E-state index contributed by atoms with van der Waals surface area (Å²) in [5.41, 5.74) is 2.05. The van der Waals surface area contributed by atoms with Gasteiger partial charge in [-0.2, -0.15) is 0 Å². The SMILES string of the molecule is Cl.O=C(O)C1CCN(CC(=O)N2CCc3c(n(Cc4ccc(F)c(Cl)c4F)c4c(F)cccc34)C2)CC1. The van der Waals surface area contributed by atoms with Crippen LogP contribution in [0.3, 0.4) is 0 Å². The molecule has 2 aliphatic rings. The lowest BCUT2D eigenvalue weighted by atomic mass is 9.97. The van der Waals surface area contributed by atoms with Crippen LogP contribution in [0.25, 0.3) is 10.9 Å². The van der Waals surface area contributed by atoms with Crippen molar-refractivity contribution in [3.8, 4) is 0 Å². The molecule has 0 bridgehead atoms. The monoisotopic (exact) mass is 555 g/mol. The lowest BCUT2D eigenvalue weighted by Crippen LogP contribution is -2.45. The van der Waals surface area contributed by atoms with E-state index in [9.17, 15) is 23.5 Å². The standard InChI is InChI=1S/C26H25ClF3N3O3.ClH/c27-23-19(28)5-4-16(24(23)30)12-33-21-13-32(11-8-17(21)18-2-1-3-20(29)25(18)33)22(34)14-31-9-6-15(7-10-31)26(35)36;/h1-5,15H,6-14H2,(H,35,36);1H. The number of aliphatic carboxylic acids is 1. The highest BCUT2D eigenvalue weighted by molar-refractivity contribution is 6.30. The van der Waals surface area contributed by atoms with Crippen molar-refractivity contribution in [1.82, 2.24) is 14.4 Å². The number of piperidine rings is 1. The summed E-state index contributed by atoms with van der Waals surface area (Å²) >= 11 is 5.78. The number of para-hydroxylation sites is 1. The zero-order chi connectivity index (χ0) is 25.6. The van der Waals surface area contributed by atoms with Crippen LogP contribution in [0.2, 0.25) is 5.02 Å². The molecular weight excluding hydrogens is 530 g/mol. The van der Waals surface area contributed by atoms with Crippen molar-refractivity contribution < 1.29 is 27.9 Å². The largest absolute Gasteiger partial charge is 0.481 e. The molecule has 1 amide bonds. The number of aromatic nitrogens is 1. The molecule has 11 heteroatoms. The molecule has 1 aromatic heterocycles. The van der Waals surface area contributed by atoms with E-state index in [4.69, 9.17) is 11.6 Å². The molecule has 198 valence electrons. The number of benzene rings is 2. The molecule has 0 saturated carbocycles. The van der Waals surface area contributed by atoms with Gasteiger partial charge in [-0.3, -0.25) is 14.5 Å². The van der Waals surface area contributed by atoms with Gasteiger partial charge in [0.25, 0.3) is 0 Å².